The molecular formula is C24H22F3N5O5. The van der Waals surface area contributed by atoms with Gasteiger partial charge in [-0.3, -0.25) is 5.32 Å². The second-order valence-corrected chi connectivity index (χ2v) is 8.13. The molecule has 2 amide bonds. The molecule has 194 valence electrons. The van der Waals surface area contributed by atoms with Crippen molar-refractivity contribution < 1.29 is 36.7 Å². The van der Waals surface area contributed by atoms with Crippen molar-refractivity contribution >= 4 is 28.4 Å². The molecule has 0 aliphatic rings. The number of halogens is 3. The van der Waals surface area contributed by atoms with Crippen LogP contribution in [0.4, 0.5) is 29.5 Å². The van der Waals surface area contributed by atoms with E-state index in [4.69, 9.17) is 18.7 Å². The predicted molar refractivity (Wildman–Crippen MR) is 128 cm³/mol. The fraction of sp³-hybridized carbons (Fsp3) is 0.250. The van der Waals surface area contributed by atoms with Crippen LogP contribution in [-0.4, -0.2) is 48.7 Å². The van der Waals surface area contributed by atoms with Crippen molar-refractivity contribution in [3.8, 4) is 23.1 Å². The zero-order valence-corrected chi connectivity index (χ0v) is 20.0. The summed E-state index contributed by atoms with van der Waals surface area (Å²) in [5.74, 6) is -0.162. The van der Waals surface area contributed by atoms with Crippen LogP contribution in [0.15, 0.2) is 47.2 Å². The number of ether oxygens (including phenoxy) is 3. The van der Waals surface area contributed by atoms with Gasteiger partial charge in [0.2, 0.25) is 5.88 Å². The van der Waals surface area contributed by atoms with Crippen LogP contribution in [0.1, 0.15) is 12.7 Å². The highest BCUT2D eigenvalue weighted by Gasteiger charge is 2.32. The summed E-state index contributed by atoms with van der Waals surface area (Å²) in [7, 11) is 2.95. The molecule has 0 aliphatic heterocycles. The standard InChI is InChI=1S/C24H22F3N5O5/c1-24(10-25,11-26)20-9-21(32-37-20)31-23(33)30-13-4-5-15(27)17(6-13)36-22-14-7-18(34-2)19(35-3)8-16(14)28-12-29-22/h4-9,12H,10-11H2,1-3H3,(H2,30,31,32,33). The minimum Gasteiger partial charge on any atom is -0.493 e. The Labute approximate surface area is 208 Å². The van der Waals surface area contributed by atoms with Crippen LogP contribution in [0, 0.1) is 5.82 Å². The summed E-state index contributed by atoms with van der Waals surface area (Å²) in [6.45, 7) is -0.694. The van der Waals surface area contributed by atoms with E-state index in [0.29, 0.717) is 22.4 Å². The van der Waals surface area contributed by atoms with Gasteiger partial charge in [0, 0.05) is 23.9 Å². The van der Waals surface area contributed by atoms with E-state index in [0.717, 1.165) is 6.07 Å². The summed E-state index contributed by atoms with van der Waals surface area (Å²) < 4.78 is 62.2. The van der Waals surface area contributed by atoms with Crippen molar-refractivity contribution in [3.05, 3.63) is 54.3 Å². The van der Waals surface area contributed by atoms with E-state index in [9.17, 15) is 18.0 Å². The Hall–Kier alpha value is -4.55. The molecule has 0 unspecified atom stereocenters. The summed E-state index contributed by atoms with van der Waals surface area (Å²) in [6.07, 6.45) is 1.25. The Morgan fingerprint density at radius 2 is 1.73 bits per heavy atom. The number of hydrogen-bond donors (Lipinski definition) is 2. The van der Waals surface area contributed by atoms with Crippen molar-refractivity contribution in [3.63, 3.8) is 0 Å². The second-order valence-electron chi connectivity index (χ2n) is 8.13. The van der Waals surface area contributed by atoms with Crippen LogP contribution in [-0.2, 0) is 5.41 Å². The van der Waals surface area contributed by atoms with Crippen molar-refractivity contribution in [1.82, 2.24) is 15.1 Å². The van der Waals surface area contributed by atoms with Crippen molar-refractivity contribution in [1.29, 1.82) is 0 Å². The fourth-order valence-corrected chi connectivity index (χ4v) is 3.27. The number of aromatic nitrogens is 3. The molecule has 13 heteroatoms. The van der Waals surface area contributed by atoms with Crippen LogP contribution >= 0.6 is 0 Å². The minimum atomic E-state index is -1.51. The predicted octanol–water partition coefficient (Wildman–Crippen LogP) is 5.41. The smallest absolute Gasteiger partial charge is 0.324 e. The summed E-state index contributed by atoms with van der Waals surface area (Å²) in [6, 6.07) is 7.35. The van der Waals surface area contributed by atoms with Gasteiger partial charge in [-0.2, -0.15) is 0 Å². The Morgan fingerprint density at radius 1 is 1.00 bits per heavy atom. The molecule has 0 saturated heterocycles. The second kappa shape index (κ2) is 10.6. The number of nitrogens with one attached hydrogen (secondary N) is 2. The summed E-state index contributed by atoms with van der Waals surface area (Å²) >= 11 is 0. The maximum Gasteiger partial charge on any atom is 0.324 e. The van der Waals surface area contributed by atoms with Crippen LogP contribution in [0.5, 0.6) is 23.1 Å². The number of alkyl halides is 2. The number of benzene rings is 2. The molecule has 2 N–H and O–H groups in total. The molecule has 0 atom stereocenters. The van der Waals surface area contributed by atoms with Crippen LogP contribution < -0.4 is 24.8 Å². The Morgan fingerprint density at radius 3 is 2.43 bits per heavy atom. The number of carbonyl (C=O) groups is 1. The molecule has 0 saturated carbocycles. The lowest BCUT2D eigenvalue weighted by Crippen LogP contribution is -2.26. The molecule has 0 radical (unpaired) electrons. The van der Waals surface area contributed by atoms with Crippen LogP contribution in [0.25, 0.3) is 10.9 Å². The largest absolute Gasteiger partial charge is 0.493 e. The third kappa shape index (κ3) is 5.34. The number of hydrogen-bond acceptors (Lipinski definition) is 8. The lowest BCUT2D eigenvalue weighted by molar-refractivity contribution is 0.206. The van der Waals surface area contributed by atoms with Gasteiger partial charge in [-0.05, 0) is 25.1 Å². The highest BCUT2D eigenvalue weighted by Crippen LogP contribution is 2.36. The van der Waals surface area contributed by atoms with Gasteiger partial charge in [-0.25, -0.2) is 27.9 Å². The third-order valence-corrected chi connectivity index (χ3v) is 5.44. The molecule has 0 fully saturated rings. The maximum atomic E-state index is 14.6. The molecule has 0 bridgehead atoms. The molecule has 10 nitrogen and oxygen atoms in total. The van der Waals surface area contributed by atoms with Gasteiger partial charge < -0.3 is 24.1 Å². The van der Waals surface area contributed by atoms with E-state index >= 15 is 0 Å². The van der Waals surface area contributed by atoms with Gasteiger partial charge >= 0.3 is 6.03 Å². The third-order valence-electron chi connectivity index (χ3n) is 5.44. The zero-order valence-electron chi connectivity index (χ0n) is 20.0. The average molecular weight is 517 g/mol. The zero-order chi connectivity index (χ0) is 26.6. The molecular weight excluding hydrogens is 495 g/mol. The van der Waals surface area contributed by atoms with Gasteiger partial charge in [0.25, 0.3) is 0 Å². The first-order chi connectivity index (χ1) is 17.8. The maximum absolute atomic E-state index is 14.6. The highest BCUT2D eigenvalue weighted by atomic mass is 19.1. The Bertz CT molecular complexity index is 1430. The number of carbonyl (C=O) groups excluding carboxylic acids is 1. The van der Waals surface area contributed by atoms with E-state index in [2.05, 4.69) is 25.8 Å². The molecule has 4 aromatic rings. The van der Waals surface area contributed by atoms with E-state index in [-0.39, 0.29) is 28.9 Å². The number of urea groups is 1. The van der Waals surface area contributed by atoms with Crippen LogP contribution in [0.3, 0.4) is 0 Å². The first kappa shape index (κ1) is 25.5. The summed E-state index contributed by atoms with van der Waals surface area (Å²) in [4.78, 5) is 20.7. The molecule has 2 aromatic heterocycles. The lowest BCUT2D eigenvalue weighted by atomic mass is 9.91. The molecule has 37 heavy (non-hydrogen) atoms. The van der Waals surface area contributed by atoms with Gasteiger partial charge in [-0.15, -0.1) is 0 Å². The first-order valence-electron chi connectivity index (χ1n) is 10.8. The van der Waals surface area contributed by atoms with E-state index in [1.54, 1.807) is 12.1 Å². The Balaban J connectivity index is 1.52. The topological polar surface area (TPSA) is 121 Å². The lowest BCUT2D eigenvalue weighted by Gasteiger charge is -2.17. The van der Waals surface area contributed by atoms with E-state index in [1.807, 2.05) is 0 Å². The molecule has 0 aliphatic carbocycles. The van der Waals surface area contributed by atoms with E-state index < -0.39 is 30.6 Å². The molecule has 2 heterocycles. The minimum absolute atomic E-state index is 0.0466. The van der Waals surface area contributed by atoms with Gasteiger partial charge in [0.1, 0.15) is 25.4 Å². The summed E-state index contributed by atoms with van der Waals surface area (Å²) in [5, 5.41) is 8.92. The fourth-order valence-electron chi connectivity index (χ4n) is 3.27. The number of amides is 2. The SMILES string of the molecule is COc1cc2ncnc(Oc3cc(NC(=O)Nc4cc(C(C)(CF)CF)on4)ccc3F)c2cc1OC. The van der Waals surface area contributed by atoms with Crippen molar-refractivity contribution in [2.24, 2.45) is 0 Å². The molecule has 4 rings (SSSR count). The average Bonchev–Trinajstić information content (AvgIpc) is 3.38. The first-order valence-corrected chi connectivity index (χ1v) is 10.8. The molecule has 0 spiro atoms. The van der Waals surface area contributed by atoms with Crippen molar-refractivity contribution in [2.75, 3.05) is 38.2 Å². The number of rotatable bonds is 9. The van der Waals surface area contributed by atoms with Gasteiger partial charge in [0.05, 0.1) is 30.5 Å². The van der Waals surface area contributed by atoms with Crippen LogP contribution in [0.2, 0.25) is 0 Å². The number of anilines is 2. The van der Waals surface area contributed by atoms with E-state index in [1.165, 1.54) is 45.7 Å². The van der Waals surface area contributed by atoms with Crippen molar-refractivity contribution in [2.45, 2.75) is 12.3 Å². The number of methoxy groups -OCH3 is 2. The van der Waals surface area contributed by atoms with Gasteiger partial charge in [0.15, 0.2) is 28.9 Å². The summed E-state index contributed by atoms with van der Waals surface area (Å²) in [5.41, 5.74) is -0.861. The quantitative estimate of drug-likeness (QED) is 0.303. The number of nitrogens with zero attached hydrogens (tertiary/aromatic N) is 3. The molecule has 2 aromatic carbocycles. The normalized spacial score (nSPS) is 11.3. The van der Waals surface area contributed by atoms with Gasteiger partial charge in [-0.1, -0.05) is 5.16 Å². The number of fused-ring (bicyclic) bond motifs is 1. The highest BCUT2D eigenvalue weighted by molar-refractivity contribution is 5.99. The monoisotopic (exact) mass is 517 g/mol. The Kier molecular flexibility index (Phi) is 7.32.